The van der Waals surface area contributed by atoms with Gasteiger partial charge in [0.15, 0.2) is 0 Å². The van der Waals surface area contributed by atoms with Gasteiger partial charge in [0.05, 0.1) is 30.4 Å². The summed E-state index contributed by atoms with van der Waals surface area (Å²) in [6.45, 7) is 6.97. The maximum Gasteiger partial charge on any atom is 0.258 e. The van der Waals surface area contributed by atoms with Gasteiger partial charge in [-0.2, -0.15) is 0 Å². The maximum atomic E-state index is 14.1. The third kappa shape index (κ3) is 8.16. The highest BCUT2D eigenvalue weighted by atomic mass is 16.5. The molecule has 0 spiro atoms. The number of rotatable bonds is 6. The van der Waals surface area contributed by atoms with Crippen LogP contribution in [0.4, 0.5) is 5.69 Å². The third-order valence-corrected chi connectivity index (χ3v) is 7.28. The molecule has 0 unspecified atom stereocenters. The van der Waals surface area contributed by atoms with Gasteiger partial charge in [-0.05, 0) is 63.4 Å². The van der Waals surface area contributed by atoms with Crippen molar-refractivity contribution in [3.8, 4) is 5.75 Å². The Kier molecular flexibility index (Phi) is 11.1. The van der Waals surface area contributed by atoms with E-state index in [4.69, 9.17) is 9.47 Å². The van der Waals surface area contributed by atoms with Crippen LogP contribution < -0.4 is 9.64 Å². The highest BCUT2D eigenvalue weighted by molar-refractivity contribution is 5.98. The molecule has 2 amide bonds. The van der Waals surface area contributed by atoms with Gasteiger partial charge in [0, 0.05) is 70.4 Å². The molecule has 1 N–H and O–H groups in total. The van der Waals surface area contributed by atoms with Crippen LogP contribution in [0.3, 0.4) is 0 Å². The predicted octanol–water partition coefficient (Wildman–Crippen LogP) is 3.72. The summed E-state index contributed by atoms with van der Waals surface area (Å²) in [6.07, 6.45) is 5.43. The van der Waals surface area contributed by atoms with E-state index in [-0.39, 0.29) is 36.5 Å². The lowest BCUT2D eigenvalue weighted by molar-refractivity contribution is -0.0149. The molecule has 214 valence electrons. The Labute approximate surface area is 232 Å². The van der Waals surface area contributed by atoms with E-state index in [1.807, 2.05) is 58.0 Å². The summed E-state index contributed by atoms with van der Waals surface area (Å²) >= 11 is 0. The van der Waals surface area contributed by atoms with E-state index in [1.165, 1.54) is 0 Å². The number of carbonyl (C=O) groups is 2. The molecule has 2 aromatic rings. The molecule has 0 aliphatic carbocycles. The Morgan fingerprint density at radius 3 is 2.54 bits per heavy atom. The number of aromatic nitrogens is 1. The number of benzene rings is 1. The minimum absolute atomic E-state index is 0.0766. The summed E-state index contributed by atoms with van der Waals surface area (Å²) in [6, 6.07) is 8.64. The Bertz CT molecular complexity index is 1080. The van der Waals surface area contributed by atoms with E-state index in [0.717, 1.165) is 24.9 Å². The minimum Gasteiger partial charge on any atom is -0.490 e. The van der Waals surface area contributed by atoms with Crippen molar-refractivity contribution in [1.29, 1.82) is 0 Å². The van der Waals surface area contributed by atoms with Crippen molar-refractivity contribution < 1.29 is 24.2 Å². The Morgan fingerprint density at radius 1 is 1.15 bits per heavy atom. The van der Waals surface area contributed by atoms with Crippen LogP contribution in [0, 0.1) is 5.92 Å². The van der Waals surface area contributed by atoms with Crippen LogP contribution >= 0.6 is 0 Å². The van der Waals surface area contributed by atoms with Crippen molar-refractivity contribution in [3.05, 3.63) is 53.9 Å². The highest BCUT2D eigenvalue weighted by Crippen LogP contribution is 2.29. The number of likely N-dealkylation sites (N-methyl/N-ethyl adjacent to an activating group) is 1. The summed E-state index contributed by atoms with van der Waals surface area (Å²) in [5.41, 5.74) is 1.93. The zero-order valence-corrected chi connectivity index (χ0v) is 24.2. The van der Waals surface area contributed by atoms with Crippen molar-refractivity contribution in [2.45, 2.75) is 58.3 Å². The van der Waals surface area contributed by atoms with Crippen molar-refractivity contribution in [2.75, 3.05) is 52.3 Å². The standard InChI is InChI=1S/C30H44N4O5/c1-21-18-34(22(2)20-35)30(37)26-17-25(32(4)5)10-11-27(26)39-23(3)9-7-8-16-38-28(21)19-33(6)29(36)24-12-14-31-15-13-24/h10-15,17,21-23,28,35H,7-9,16,18-20H2,1-6H3/t21-,22-,23+,28+/m1/s1. The monoisotopic (exact) mass is 540 g/mol. The van der Waals surface area contributed by atoms with Crippen molar-refractivity contribution in [3.63, 3.8) is 0 Å². The summed E-state index contributed by atoms with van der Waals surface area (Å²) in [5, 5.41) is 10.1. The Hall–Kier alpha value is -3.17. The van der Waals surface area contributed by atoms with E-state index >= 15 is 0 Å². The molecule has 0 saturated heterocycles. The van der Waals surface area contributed by atoms with Gasteiger partial charge in [-0.25, -0.2) is 0 Å². The number of aliphatic hydroxyl groups excluding tert-OH is 1. The van der Waals surface area contributed by atoms with Crippen LogP contribution in [-0.2, 0) is 4.74 Å². The Balaban J connectivity index is 1.93. The first-order valence-electron chi connectivity index (χ1n) is 13.8. The molecule has 1 aromatic carbocycles. The molecule has 9 heteroatoms. The van der Waals surface area contributed by atoms with Crippen molar-refractivity contribution in [1.82, 2.24) is 14.8 Å². The number of nitrogens with zero attached hydrogens (tertiary/aromatic N) is 4. The second-order valence-corrected chi connectivity index (χ2v) is 10.8. The first-order valence-corrected chi connectivity index (χ1v) is 13.8. The van der Waals surface area contributed by atoms with Gasteiger partial charge in [0.2, 0.25) is 0 Å². The molecular weight excluding hydrogens is 496 g/mol. The highest BCUT2D eigenvalue weighted by Gasteiger charge is 2.31. The lowest BCUT2D eigenvalue weighted by Crippen LogP contribution is -2.48. The lowest BCUT2D eigenvalue weighted by atomic mass is 10.0. The topological polar surface area (TPSA) is 95.4 Å². The van der Waals surface area contributed by atoms with Crippen LogP contribution in [0.15, 0.2) is 42.7 Å². The third-order valence-electron chi connectivity index (χ3n) is 7.28. The zero-order valence-electron chi connectivity index (χ0n) is 24.2. The first-order chi connectivity index (χ1) is 18.6. The number of hydrogen-bond acceptors (Lipinski definition) is 7. The van der Waals surface area contributed by atoms with Crippen molar-refractivity contribution in [2.24, 2.45) is 5.92 Å². The average Bonchev–Trinajstić information content (AvgIpc) is 2.93. The van der Waals surface area contributed by atoms with Crippen LogP contribution in [0.5, 0.6) is 5.75 Å². The molecule has 1 aromatic heterocycles. The molecule has 9 nitrogen and oxygen atoms in total. The minimum atomic E-state index is -0.419. The molecule has 2 heterocycles. The molecule has 1 aliphatic heterocycles. The second-order valence-electron chi connectivity index (χ2n) is 10.8. The number of pyridine rings is 1. The molecule has 0 saturated carbocycles. The van der Waals surface area contributed by atoms with Gasteiger partial charge < -0.3 is 29.3 Å². The smallest absolute Gasteiger partial charge is 0.258 e. The Morgan fingerprint density at radius 2 is 1.87 bits per heavy atom. The largest absolute Gasteiger partial charge is 0.490 e. The quantitative estimate of drug-likeness (QED) is 0.597. The van der Waals surface area contributed by atoms with Crippen LogP contribution in [0.2, 0.25) is 0 Å². The number of carbonyl (C=O) groups excluding carboxylic acids is 2. The van der Waals surface area contributed by atoms with Gasteiger partial charge in [-0.3, -0.25) is 14.6 Å². The van der Waals surface area contributed by atoms with Gasteiger partial charge >= 0.3 is 0 Å². The van der Waals surface area contributed by atoms with Gasteiger partial charge in [-0.1, -0.05) is 6.92 Å². The van der Waals surface area contributed by atoms with E-state index in [1.54, 1.807) is 41.4 Å². The van der Waals surface area contributed by atoms with Crippen LogP contribution in [0.1, 0.15) is 60.7 Å². The van der Waals surface area contributed by atoms with Gasteiger partial charge in [-0.15, -0.1) is 0 Å². The van der Waals surface area contributed by atoms with Gasteiger partial charge in [0.1, 0.15) is 5.75 Å². The second kappa shape index (κ2) is 14.3. The molecule has 0 fully saturated rings. The summed E-state index contributed by atoms with van der Waals surface area (Å²) in [7, 11) is 5.63. The fourth-order valence-electron chi connectivity index (χ4n) is 4.72. The van der Waals surface area contributed by atoms with Crippen LogP contribution in [-0.4, -0.2) is 97.4 Å². The van der Waals surface area contributed by atoms with E-state index in [2.05, 4.69) is 4.98 Å². The number of fused-ring (bicyclic) bond motifs is 1. The number of anilines is 1. The normalized spacial score (nSPS) is 21.8. The fourth-order valence-corrected chi connectivity index (χ4v) is 4.72. The SMILES string of the molecule is C[C@@H]1CN([C@H](C)CO)C(=O)c2cc(N(C)C)ccc2O[C@@H](C)CCCCO[C@H]1CN(C)C(=O)c1ccncc1. The number of aliphatic hydroxyl groups is 1. The number of ether oxygens (including phenoxy) is 2. The van der Waals surface area contributed by atoms with E-state index in [9.17, 15) is 14.7 Å². The van der Waals surface area contributed by atoms with Gasteiger partial charge in [0.25, 0.3) is 11.8 Å². The summed E-state index contributed by atoms with van der Waals surface area (Å²) in [4.78, 5) is 36.4. The zero-order chi connectivity index (χ0) is 28.5. The molecule has 3 rings (SSSR count). The van der Waals surface area contributed by atoms with Crippen molar-refractivity contribution >= 4 is 17.5 Å². The van der Waals surface area contributed by atoms with E-state index in [0.29, 0.717) is 36.6 Å². The van der Waals surface area contributed by atoms with E-state index < -0.39 is 6.04 Å². The number of hydrogen-bond donors (Lipinski definition) is 1. The summed E-state index contributed by atoms with van der Waals surface area (Å²) in [5.74, 6) is 0.124. The molecule has 0 radical (unpaired) electrons. The summed E-state index contributed by atoms with van der Waals surface area (Å²) < 4.78 is 12.6. The average molecular weight is 541 g/mol. The predicted molar refractivity (Wildman–Crippen MR) is 152 cm³/mol. The van der Waals surface area contributed by atoms with Crippen LogP contribution in [0.25, 0.3) is 0 Å². The lowest BCUT2D eigenvalue weighted by Gasteiger charge is -2.36. The maximum absolute atomic E-state index is 14.1. The molecule has 0 bridgehead atoms. The molecule has 39 heavy (non-hydrogen) atoms. The molecule has 1 aliphatic rings. The fraction of sp³-hybridized carbons (Fsp3) is 0.567. The first kappa shape index (κ1) is 30.4. The molecule has 4 atom stereocenters. The number of amides is 2. The molecular formula is C30H44N4O5.